The van der Waals surface area contributed by atoms with Crippen LogP contribution in [0.3, 0.4) is 0 Å². The Bertz CT molecular complexity index is 770. The molecule has 1 aliphatic heterocycles. The molecule has 0 bridgehead atoms. The largest absolute Gasteiger partial charge is 0.409 e. The van der Waals surface area contributed by atoms with Crippen LogP contribution >= 0.6 is 0 Å². The van der Waals surface area contributed by atoms with Crippen molar-refractivity contribution >= 4 is 16.7 Å². The molecular formula is C18H19F3N2O. The van der Waals surface area contributed by atoms with Crippen LogP contribution in [0, 0.1) is 0 Å². The summed E-state index contributed by atoms with van der Waals surface area (Å²) in [6, 6.07) is 8.77. The van der Waals surface area contributed by atoms with E-state index in [1.165, 1.54) is 0 Å². The molecule has 1 unspecified atom stereocenters. The third-order valence-electron chi connectivity index (χ3n) is 4.35. The van der Waals surface area contributed by atoms with E-state index < -0.39 is 12.2 Å². The average molecular weight is 336 g/mol. The predicted octanol–water partition coefficient (Wildman–Crippen LogP) is 4.30. The summed E-state index contributed by atoms with van der Waals surface area (Å²) in [5, 5.41) is 2.35. The number of rotatable bonds is 3. The Morgan fingerprint density at radius 2 is 1.88 bits per heavy atom. The smallest absolute Gasteiger partial charge is 0.288 e. The summed E-state index contributed by atoms with van der Waals surface area (Å²) in [7, 11) is 0. The van der Waals surface area contributed by atoms with Crippen LogP contribution in [0.2, 0.25) is 0 Å². The van der Waals surface area contributed by atoms with E-state index in [1.54, 1.807) is 18.2 Å². The average Bonchev–Trinajstić information content (AvgIpc) is 2.91. The number of hydrogen-bond acceptors (Lipinski definition) is 2. The van der Waals surface area contributed by atoms with Crippen LogP contribution in [0.15, 0.2) is 36.4 Å². The molecule has 0 radical (unpaired) electrons. The standard InChI is InChI=1S/C18H19F3N2O/c1-11(2)13-9-12-5-3-4-6-14(12)15(10-13)17(18(19,20)21)23-8-7-16(24)22-23/h3-6,9-11,17H,7-8H2,1-2H3,(H,22,24). The molecule has 0 aliphatic carbocycles. The first-order valence-electron chi connectivity index (χ1n) is 7.93. The molecular weight excluding hydrogens is 317 g/mol. The van der Waals surface area contributed by atoms with Crippen LogP contribution in [0.25, 0.3) is 10.8 Å². The monoisotopic (exact) mass is 336 g/mol. The van der Waals surface area contributed by atoms with E-state index >= 15 is 0 Å². The predicted molar refractivity (Wildman–Crippen MR) is 86.3 cm³/mol. The molecule has 1 N–H and O–H groups in total. The van der Waals surface area contributed by atoms with Crippen molar-refractivity contribution in [2.24, 2.45) is 0 Å². The fraction of sp³-hybridized carbons (Fsp3) is 0.389. The fourth-order valence-electron chi connectivity index (χ4n) is 3.13. The highest BCUT2D eigenvalue weighted by atomic mass is 19.4. The van der Waals surface area contributed by atoms with E-state index in [0.717, 1.165) is 16.0 Å². The van der Waals surface area contributed by atoms with Gasteiger partial charge >= 0.3 is 6.18 Å². The highest BCUT2D eigenvalue weighted by Gasteiger charge is 2.47. The van der Waals surface area contributed by atoms with E-state index in [1.807, 2.05) is 32.0 Å². The number of halogens is 3. The lowest BCUT2D eigenvalue weighted by Gasteiger charge is -2.30. The number of carbonyl (C=O) groups excluding carboxylic acids is 1. The third kappa shape index (κ3) is 3.11. The lowest BCUT2D eigenvalue weighted by atomic mass is 9.91. The van der Waals surface area contributed by atoms with Gasteiger partial charge in [-0.3, -0.25) is 10.2 Å². The SMILES string of the molecule is CC(C)c1cc(C(N2CCC(=O)N2)C(F)(F)F)c2ccccc2c1. The van der Waals surface area contributed by atoms with Crippen LogP contribution in [-0.4, -0.2) is 23.6 Å². The highest BCUT2D eigenvalue weighted by Crippen LogP contribution is 2.41. The zero-order valence-corrected chi connectivity index (χ0v) is 13.5. The van der Waals surface area contributed by atoms with E-state index in [0.29, 0.717) is 5.39 Å². The summed E-state index contributed by atoms with van der Waals surface area (Å²) >= 11 is 0. The van der Waals surface area contributed by atoms with Gasteiger partial charge in [-0.25, -0.2) is 5.01 Å². The summed E-state index contributed by atoms with van der Waals surface area (Å²) in [6.45, 7) is 3.95. The molecule has 128 valence electrons. The first-order valence-corrected chi connectivity index (χ1v) is 7.93. The van der Waals surface area contributed by atoms with Crippen molar-refractivity contribution in [3.63, 3.8) is 0 Å². The molecule has 3 nitrogen and oxygen atoms in total. The van der Waals surface area contributed by atoms with E-state index in [2.05, 4.69) is 5.43 Å². The number of hydrogen-bond donors (Lipinski definition) is 1. The molecule has 2 aromatic rings. The van der Waals surface area contributed by atoms with Crippen molar-refractivity contribution in [1.29, 1.82) is 0 Å². The van der Waals surface area contributed by atoms with Crippen molar-refractivity contribution in [2.45, 2.75) is 38.4 Å². The van der Waals surface area contributed by atoms with E-state index in [9.17, 15) is 18.0 Å². The third-order valence-corrected chi connectivity index (χ3v) is 4.35. The minimum absolute atomic E-state index is 0.0449. The van der Waals surface area contributed by atoms with Crippen LogP contribution in [0.4, 0.5) is 13.2 Å². The fourth-order valence-corrected chi connectivity index (χ4v) is 3.13. The quantitative estimate of drug-likeness (QED) is 0.906. The van der Waals surface area contributed by atoms with E-state index in [4.69, 9.17) is 0 Å². The molecule has 3 rings (SSSR count). The summed E-state index contributed by atoms with van der Waals surface area (Å²) in [6.07, 6.45) is -4.41. The van der Waals surface area contributed by atoms with Crippen molar-refractivity contribution < 1.29 is 18.0 Å². The molecule has 1 saturated heterocycles. The van der Waals surface area contributed by atoms with Gasteiger partial charge < -0.3 is 0 Å². The molecule has 1 aliphatic rings. The topological polar surface area (TPSA) is 32.3 Å². The zero-order chi connectivity index (χ0) is 17.5. The van der Waals surface area contributed by atoms with Crippen molar-refractivity contribution in [1.82, 2.24) is 10.4 Å². The minimum Gasteiger partial charge on any atom is -0.288 e. The van der Waals surface area contributed by atoms with Crippen LogP contribution in [-0.2, 0) is 4.79 Å². The Balaban J connectivity index is 2.21. The second-order valence-electron chi connectivity index (χ2n) is 6.41. The molecule has 0 spiro atoms. The van der Waals surface area contributed by atoms with Crippen molar-refractivity contribution in [3.8, 4) is 0 Å². The van der Waals surface area contributed by atoms with Crippen LogP contribution < -0.4 is 5.43 Å². The molecule has 2 aromatic carbocycles. The lowest BCUT2D eigenvalue weighted by Crippen LogP contribution is -2.43. The molecule has 1 heterocycles. The number of carbonyl (C=O) groups is 1. The first kappa shape index (κ1) is 16.8. The number of nitrogens with zero attached hydrogens (tertiary/aromatic N) is 1. The van der Waals surface area contributed by atoms with Gasteiger partial charge in [-0.1, -0.05) is 50.2 Å². The summed E-state index contributed by atoms with van der Waals surface area (Å²) in [5.74, 6) is -0.274. The maximum Gasteiger partial charge on any atom is 0.409 e. The van der Waals surface area contributed by atoms with Gasteiger partial charge in [0.05, 0.1) is 0 Å². The molecule has 1 amide bonds. The number of benzene rings is 2. The van der Waals surface area contributed by atoms with E-state index in [-0.39, 0.29) is 30.4 Å². The molecule has 24 heavy (non-hydrogen) atoms. The zero-order valence-electron chi connectivity index (χ0n) is 13.5. The van der Waals surface area contributed by atoms with Crippen LogP contribution in [0.5, 0.6) is 0 Å². The summed E-state index contributed by atoms with van der Waals surface area (Å²) < 4.78 is 41.6. The maximum absolute atomic E-state index is 13.9. The molecule has 1 atom stereocenters. The van der Waals surface area contributed by atoms with Crippen molar-refractivity contribution in [2.75, 3.05) is 6.54 Å². The van der Waals surface area contributed by atoms with Crippen molar-refractivity contribution in [3.05, 3.63) is 47.5 Å². The Labute approximate surface area is 138 Å². The van der Waals surface area contributed by atoms with Gasteiger partial charge in [0.1, 0.15) is 0 Å². The Hall–Kier alpha value is -2.08. The number of hydrazine groups is 1. The Morgan fingerprint density at radius 3 is 2.46 bits per heavy atom. The molecule has 6 heteroatoms. The van der Waals surface area contributed by atoms with Gasteiger partial charge in [-0.15, -0.1) is 0 Å². The molecule has 1 fully saturated rings. The second-order valence-corrected chi connectivity index (χ2v) is 6.41. The molecule has 0 saturated carbocycles. The number of fused-ring (bicyclic) bond motifs is 1. The number of nitrogens with one attached hydrogen (secondary N) is 1. The van der Waals surface area contributed by atoms with Gasteiger partial charge in [0.25, 0.3) is 0 Å². The van der Waals surface area contributed by atoms with Crippen LogP contribution in [0.1, 0.15) is 43.4 Å². The Kier molecular flexibility index (Phi) is 4.25. The second kappa shape index (κ2) is 6.09. The van der Waals surface area contributed by atoms with Gasteiger partial charge in [0, 0.05) is 13.0 Å². The summed E-state index contributed by atoms with van der Waals surface area (Å²) in [4.78, 5) is 11.4. The van der Waals surface area contributed by atoms with Gasteiger partial charge in [-0.05, 0) is 27.8 Å². The summed E-state index contributed by atoms with van der Waals surface area (Å²) in [5.41, 5.74) is 3.38. The normalized spacial score (nSPS) is 17.5. The van der Waals surface area contributed by atoms with Gasteiger partial charge in [0.2, 0.25) is 5.91 Å². The molecule has 0 aromatic heterocycles. The maximum atomic E-state index is 13.9. The lowest BCUT2D eigenvalue weighted by molar-refractivity contribution is -0.190. The number of alkyl halides is 3. The Morgan fingerprint density at radius 1 is 1.17 bits per heavy atom. The minimum atomic E-state index is -4.49. The van der Waals surface area contributed by atoms with Gasteiger partial charge in [-0.2, -0.15) is 13.2 Å². The van der Waals surface area contributed by atoms with Gasteiger partial charge in [0.15, 0.2) is 6.04 Å². The first-order chi connectivity index (χ1) is 11.3. The highest BCUT2D eigenvalue weighted by molar-refractivity contribution is 5.87. The number of amides is 1.